The van der Waals surface area contributed by atoms with Gasteiger partial charge in [-0.1, -0.05) is 25.6 Å². The lowest BCUT2D eigenvalue weighted by Crippen LogP contribution is -2.33. The molecule has 48 valence electrons. The van der Waals surface area contributed by atoms with Crippen LogP contribution in [0.15, 0.2) is 0 Å². The Balaban J connectivity index is 3.46. The summed E-state index contributed by atoms with van der Waals surface area (Å²) in [4.78, 5) is 12.4. The molecule has 0 radical (unpaired) electrons. The minimum Gasteiger partial charge on any atom is -0.283 e. The van der Waals surface area contributed by atoms with Crippen molar-refractivity contribution in [1.82, 2.24) is 14.0 Å². The number of nitrogens with one attached hydrogen (secondary N) is 2. The van der Waals surface area contributed by atoms with Crippen molar-refractivity contribution in [2.75, 3.05) is 0 Å². The van der Waals surface area contributed by atoms with Crippen molar-refractivity contribution >= 4 is 44.5 Å². The monoisotopic (exact) mass is 171 g/mol. The zero-order chi connectivity index (χ0) is 6.57. The van der Waals surface area contributed by atoms with Gasteiger partial charge in [-0.2, -0.15) is 9.25 Å². The van der Waals surface area contributed by atoms with Gasteiger partial charge in [0.1, 0.15) is 0 Å². The summed E-state index contributed by atoms with van der Waals surface area (Å²) in [6.07, 6.45) is 0. The van der Waals surface area contributed by atoms with Gasteiger partial charge in [0.25, 0.3) is 0 Å². The maximum Gasteiger partial charge on any atom is 0.352 e. The van der Waals surface area contributed by atoms with E-state index in [0.29, 0.717) is 0 Å². The van der Waals surface area contributed by atoms with E-state index in [9.17, 15) is 4.79 Å². The average molecular weight is 171 g/mol. The predicted molar refractivity (Wildman–Crippen MR) is 40.5 cm³/mol. The molecule has 0 heterocycles. The average Bonchev–Trinajstić information content (AvgIpc) is 1.84. The Morgan fingerprint density at radius 2 is 2.00 bits per heavy atom. The largest absolute Gasteiger partial charge is 0.352 e. The maximum atomic E-state index is 10.3. The molecule has 7 heteroatoms. The number of hydrogen-bond acceptors (Lipinski definition) is 5. The molecule has 0 aromatic rings. The summed E-state index contributed by atoms with van der Waals surface area (Å²) in [7, 11) is 0. The van der Waals surface area contributed by atoms with Crippen LogP contribution in [0.1, 0.15) is 0 Å². The highest BCUT2D eigenvalue weighted by molar-refractivity contribution is 7.81. The van der Waals surface area contributed by atoms with Gasteiger partial charge in [0.15, 0.2) is 0 Å². The van der Waals surface area contributed by atoms with Crippen LogP contribution >= 0.6 is 38.4 Å². The van der Waals surface area contributed by atoms with Crippen LogP contribution in [0.2, 0.25) is 0 Å². The molecule has 0 atom stereocenters. The van der Waals surface area contributed by atoms with Crippen molar-refractivity contribution in [2.45, 2.75) is 0 Å². The third kappa shape index (κ3) is 2.55. The smallest absolute Gasteiger partial charge is 0.283 e. The van der Waals surface area contributed by atoms with Crippen molar-refractivity contribution in [2.24, 2.45) is 0 Å². The first kappa shape index (κ1) is 8.28. The van der Waals surface area contributed by atoms with Crippen LogP contribution in [-0.4, -0.2) is 10.4 Å². The van der Waals surface area contributed by atoms with Gasteiger partial charge < -0.3 is 0 Å². The van der Waals surface area contributed by atoms with E-state index in [1.807, 2.05) is 4.72 Å². The molecule has 2 N–H and O–H groups in total. The number of hydrogen-bond donors (Lipinski definition) is 5. The summed E-state index contributed by atoms with van der Waals surface area (Å²) in [6, 6.07) is -0.494. The molecular formula is CH5N3OS3. The first-order chi connectivity index (χ1) is 3.72. The standard InChI is InChI=1S/CH5N3OS3/c5-1(2-6)4(8)3-7/h3,6-8H,(H,2,5). The number of rotatable bonds is 1. The fourth-order valence-corrected chi connectivity index (χ4v) is 0.412. The maximum absolute atomic E-state index is 10.3. The summed E-state index contributed by atoms with van der Waals surface area (Å²) >= 11 is 10.5. The predicted octanol–water partition coefficient (Wildman–Crippen LogP) is 0.0370. The van der Waals surface area contributed by atoms with Crippen molar-refractivity contribution in [1.29, 1.82) is 0 Å². The molecule has 8 heavy (non-hydrogen) atoms. The molecule has 0 aromatic heterocycles. The molecule has 0 aliphatic rings. The second-order valence-corrected chi connectivity index (χ2v) is 1.65. The molecule has 2 amide bonds. The normalized spacial score (nSPS) is 8.38. The van der Waals surface area contributed by atoms with Crippen LogP contribution in [0, 0.1) is 0 Å². The highest BCUT2D eigenvalue weighted by atomic mass is 32.1. The Morgan fingerprint density at radius 3 is 2.12 bits per heavy atom. The second kappa shape index (κ2) is 4.19. The van der Waals surface area contributed by atoms with E-state index in [1.165, 1.54) is 0 Å². The molecule has 0 aliphatic carbocycles. The van der Waals surface area contributed by atoms with Gasteiger partial charge in [0.05, 0.1) is 0 Å². The number of amides is 2. The Labute approximate surface area is 63.6 Å². The van der Waals surface area contributed by atoms with Gasteiger partial charge in [0, 0.05) is 0 Å². The van der Waals surface area contributed by atoms with Gasteiger partial charge in [-0.15, -0.1) is 0 Å². The van der Waals surface area contributed by atoms with E-state index in [1.54, 1.807) is 0 Å². The van der Waals surface area contributed by atoms with Gasteiger partial charge in [-0.3, -0.25) is 4.72 Å². The molecule has 0 fully saturated rings. The topological polar surface area (TPSA) is 44.4 Å². The van der Waals surface area contributed by atoms with Gasteiger partial charge in [-0.05, 0) is 12.8 Å². The molecule has 0 aromatic carbocycles. The second-order valence-electron chi connectivity index (χ2n) is 0.829. The third-order valence-corrected chi connectivity index (χ3v) is 1.21. The highest BCUT2D eigenvalue weighted by Crippen LogP contribution is 1.88. The molecular weight excluding hydrogens is 166 g/mol. The van der Waals surface area contributed by atoms with E-state index in [2.05, 4.69) is 43.3 Å². The van der Waals surface area contributed by atoms with Crippen LogP contribution in [0.25, 0.3) is 0 Å². The zero-order valence-corrected chi connectivity index (χ0v) is 6.38. The first-order valence-electron chi connectivity index (χ1n) is 1.55. The Hall–Kier alpha value is 0.280. The summed E-state index contributed by atoms with van der Waals surface area (Å²) in [5.74, 6) is 0. The summed E-state index contributed by atoms with van der Waals surface area (Å²) in [6.45, 7) is 0. The number of carbonyl (C=O) groups is 1. The summed E-state index contributed by atoms with van der Waals surface area (Å²) in [5.41, 5.74) is 0. The molecule has 4 nitrogen and oxygen atoms in total. The Bertz CT molecular complexity index is 86.6. The van der Waals surface area contributed by atoms with Crippen LogP contribution in [0.3, 0.4) is 0 Å². The van der Waals surface area contributed by atoms with E-state index in [0.717, 1.165) is 4.41 Å². The molecule has 0 saturated heterocycles. The van der Waals surface area contributed by atoms with Crippen molar-refractivity contribution < 1.29 is 4.79 Å². The van der Waals surface area contributed by atoms with Gasteiger partial charge in [0.2, 0.25) is 0 Å². The minimum atomic E-state index is -0.494. The fourth-order valence-electron chi connectivity index (χ4n) is 0.0928. The molecule has 0 bridgehead atoms. The van der Waals surface area contributed by atoms with E-state index < -0.39 is 6.03 Å². The highest BCUT2D eigenvalue weighted by Gasteiger charge is 2.01. The minimum absolute atomic E-state index is 0.494. The number of hydrazine groups is 1. The lowest BCUT2D eigenvalue weighted by Gasteiger charge is -2.09. The molecule has 0 rings (SSSR count). The molecule has 0 unspecified atom stereocenters. The number of thiol groups is 3. The van der Waals surface area contributed by atoms with Crippen molar-refractivity contribution in [3.8, 4) is 0 Å². The van der Waals surface area contributed by atoms with Crippen LogP contribution in [-0.2, 0) is 0 Å². The molecule has 0 saturated carbocycles. The number of carbonyl (C=O) groups excluding carboxylic acids is 1. The fraction of sp³-hybridized carbons (Fsp3) is 0. The quantitative estimate of drug-likeness (QED) is 0.286. The van der Waals surface area contributed by atoms with Crippen molar-refractivity contribution in [3.05, 3.63) is 0 Å². The van der Waals surface area contributed by atoms with Crippen LogP contribution < -0.4 is 9.55 Å². The van der Waals surface area contributed by atoms with Crippen LogP contribution in [0.4, 0.5) is 4.79 Å². The number of nitrogens with zero attached hydrogens (tertiary/aromatic N) is 1. The number of urea groups is 1. The molecule has 0 aliphatic heterocycles. The lowest BCUT2D eigenvalue weighted by molar-refractivity contribution is 0.230. The third-order valence-electron chi connectivity index (χ3n) is 0.383. The Kier molecular flexibility index (Phi) is 4.33. The van der Waals surface area contributed by atoms with Gasteiger partial charge in [-0.25, -0.2) is 4.79 Å². The zero-order valence-electron chi connectivity index (χ0n) is 3.70. The lowest BCUT2D eigenvalue weighted by atomic mass is 11.1. The van der Waals surface area contributed by atoms with Crippen molar-refractivity contribution in [3.63, 3.8) is 0 Å². The SMILES string of the molecule is O=C(NS)N(S)NS. The van der Waals surface area contributed by atoms with Gasteiger partial charge >= 0.3 is 6.03 Å². The van der Waals surface area contributed by atoms with E-state index in [4.69, 9.17) is 0 Å². The Morgan fingerprint density at radius 1 is 1.50 bits per heavy atom. The van der Waals surface area contributed by atoms with Crippen LogP contribution in [0.5, 0.6) is 0 Å². The first-order valence-corrected chi connectivity index (χ1v) is 2.84. The summed E-state index contributed by atoms with van der Waals surface area (Å²) < 4.78 is 2.84. The summed E-state index contributed by atoms with van der Waals surface area (Å²) in [5, 5.41) is 0. The van der Waals surface area contributed by atoms with E-state index in [-0.39, 0.29) is 0 Å². The van der Waals surface area contributed by atoms with E-state index >= 15 is 0 Å². The molecule has 0 spiro atoms.